The first-order chi connectivity index (χ1) is 37.9. The Kier molecular flexibility index (Phi) is 16.5. The lowest BCUT2D eigenvalue weighted by Crippen LogP contribution is -2.49. The van der Waals surface area contributed by atoms with Crippen LogP contribution in [-0.2, 0) is 27.2 Å². The molecule has 4 saturated heterocycles. The number of aromatic nitrogens is 8. The summed E-state index contributed by atoms with van der Waals surface area (Å²) in [4.78, 5) is 49.1. The van der Waals surface area contributed by atoms with Gasteiger partial charge in [0.1, 0.15) is 11.6 Å². The third kappa shape index (κ3) is 12.0. The molecule has 0 radical (unpaired) electrons. The van der Waals surface area contributed by atoms with Crippen LogP contribution in [0.5, 0.6) is 0 Å². The number of hydrogen-bond acceptors (Lipinski definition) is 14. The van der Waals surface area contributed by atoms with Crippen molar-refractivity contribution in [3.8, 4) is 0 Å². The number of aryl methyl sites for hydroxylation is 2. The van der Waals surface area contributed by atoms with Gasteiger partial charge in [-0.15, -0.1) is 0 Å². The number of para-hydroxylation sites is 4. The first kappa shape index (κ1) is 54.3. The molecular formula is C56H68F2N16O5. The third-order valence-corrected chi connectivity index (χ3v) is 16.2. The Bertz CT molecular complexity index is 3130. The highest BCUT2D eigenvalue weighted by Gasteiger charge is 2.35. The van der Waals surface area contributed by atoms with Gasteiger partial charge in [-0.05, 0) is 131 Å². The van der Waals surface area contributed by atoms with Crippen molar-refractivity contribution < 1.29 is 24.1 Å². The molecule has 4 aromatic carbocycles. The lowest BCUT2D eigenvalue weighted by Gasteiger charge is -2.42. The Morgan fingerprint density at radius 1 is 0.519 bits per heavy atom. The van der Waals surface area contributed by atoms with Crippen LogP contribution in [0.4, 0.5) is 43.9 Å². The maximum absolute atomic E-state index is 13.5. The average Bonchev–Trinajstić information content (AvgIpc) is 4.32. The van der Waals surface area contributed by atoms with Crippen LogP contribution in [0, 0.1) is 31.9 Å². The van der Waals surface area contributed by atoms with Gasteiger partial charge in [-0.3, -0.25) is 9.13 Å². The molecule has 0 bridgehead atoms. The summed E-state index contributed by atoms with van der Waals surface area (Å²) in [5.41, 5.74) is 6.06. The number of fused-ring (bicyclic) bond motifs is 2. The highest BCUT2D eigenvalue weighted by molar-refractivity contribution is 5.79. The fourth-order valence-electron chi connectivity index (χ4n) is 12.1. The summed E-state index contributed by atoms with van der Waals surface area (Å²) in [7, 11) is 3.63. The van der Waals surface area contributed by atoms with E-state index >= 15 is 0 Å². The van der Waals surface area contributed by atoms with Gasteiger partial charge in [-0.25, -0.2) is 18.7 Å². The molecule has 4 N–H and O–H groups in total. The summed E-state index contributed by atoms with van der Waals surface area (Å²) in [5.74, 6) is 2.32. The van der Waals surface area contributed by atoms with Gasteiger partial charge in [0.15, 0.2) is 0 Å². The van der Waals surface area contributed by atoms with Gasteiger partial charge >= 0.3 is 11.6 Å². The molecule has 8 aromatic rings. The van der Waals surface area contributed by atoms with E-state index in [2.05, 4.69) is 61.5 Å². The topological polar surface area (TPSA) is 226 Å². The molecule has 4 aromatic heterocycles. The highest BCUT2D eigenvalue weighted by Crippen LogP contribution is 2.34. The van der Waals surface area contributed by atoms with Crippen LogP contribution >= 0.6 is 0 Å². The monoisotopic (exact) mass is 1080 g/mol. The van der Waals surface area contributed by atoms with Crippen LogP contribution < -0.4 is 20.4 Å². The summed E-state index contributed by atoms with van der Waals surface area (Å²) in [5, 5.41) is 30.2. The zero-order chi connectivity index (χ0) is 53.9. The van der Waals surface area contributed by atoms with Crippen molar-refractivity contribution in [1.82, 2.24) is 48.0 Å². The molecule has 79 heavy (non-hydrogen) atoms. The largest absolute Gasteiger partial charge is 0.412 e. The van der Waals surface area contributed by atoms with E-state index in [9.17, 15) is 29.0 Å². The Morgan fingerprint density at radius 2 is 0.873 bits per heavy atom. The zero-order valence-electron chi connectivity index (χ0n) is 44.6. The molecule has 0 amide bonds. The number of rotatable bonds is 14. The molecule has 0 unspecified atom stereocenters. The Morgan fingerprint density at radius 3 is 1.23 bits per heavy atom. The molecule has 0 atom stereocenters. The van der Waals surface area contributed by atoms with Gasteiger partial charge < -0.3 is 65.1 Å². The Balaban J connectivity index is 0.000000176. The minimum atomic E-state index is -0.396. The summed E-state index contributed by atoms with van der Waals surface area (Å²) in [6.45, 7) is 8.42. The lowest BCUT2D eigenvalue weighted by molar-refractivity contribution is -0.388. The van der Waals surface area contributed by atoms with E-state index in [1.165, 1.54) is 36.9 Å². The number of nitro groups is 2. The van der Waals surface area contributed by atoms with Gasteiger partial charge in [-0.1, -0.05) is 48.5 Å². The van der Waals surface area contributed by atoms with Gasteiger partial charge in [0.05, 0.1) is 35.2 Å². The van der Waals surface area contributed by atoms with Gasteiger partial charge in [0.25, 0.3) is 0 Å². The third-order valence-electron chi connectivity index (χ3n) is 16.2. The van der Waals surface area contributed by atoms with Crippen LogP contribution in [-0.4, -0.2) is 140 Å². The summed E-state index contributed by atoms with van der Waals surface area (Å²) in [6.07, 6.45) is 11.0. The van der Waals surface area contributed by atoms with Crippen molar-refractivity contribution >= 4 is 57.2 Å². The molecule has 4 fully saturated rings. The van der Waals surface area contributed by atoms with Crippen molar-refractivity contribution in [2.75, 3.05) is 72.8 Å². The molecular weight excluding hydrogens is 1010 g/mol. The van der Waals surface area contributed by atoms with Crippen LogP contribution in [0.2, 0.25) is 0 Å². The lowest BCUT2D eigenvalue weighted by atomic mass is 9.98. The second-order valence-electron chi connectivity index (χ2n) is 21.1. The minimum absolute atomic E-state index is 0. The van der Waals surface area contributed by atoms with Crippen molar-refractivity contribution in [2.45, 2.75) is 88.6 Å². The van der Waals surface area contributed by atoms with E-state index in [1.54, 1.807) is 9.13 Å². The molecule has 12 rings (SSSR count). The fraction of sp³-hybridized carbons (Fsp3) is 0.429. The Hall–Kier alpha value is -8.02. The van der Waals surface area contributed by atoms with Crippen molar-refractivity contribution in [3.63, 3.8) is 0 Å². The van der Waals surface area contributed by atoms with Crippen LogP contribution in [0.15, 0.2) is 110 Å². The van der Waals surface area contributed by atoms with E-state index in [0.29, 0.717) is 48.9 Å². The molecule has 4 aliphatic heterocycles. The molecule has 4 aliphatic rings. The summed E-state index contributed by atoms with van der Waals surface area (Å²) < 4.78 is 34.8. The molecule has 8 heterocycles. The maximum atomic E-state index is 13.5. The Labute approximate surface area is 456 Å². The normalized spacial score (nSPS) is 17.4. The molecule has 0 spiro atoms. The number of piperidine rings is 4. The smallest absolute Gasteiger partial charge is 0.406 e. The van der Waals surface area contributed by atoms with E-state index in [1.807, 2.05) is 74.8 Å². The zero-order valence-corrected chi connectivity index (χ0v) is 44.6. The number of likely N-dealkylation sites (tertiary alicyclic amines) is 2. The molecule has 416 valence electrons. The van der Waals surface area contributed by atoms with Crippen molar-refractivity contribution in [2.24, 2.45) is 14.1 Å². The number of nitrogens with one attached hydrogen (secondary N) is 2. The quantitative estimate of drug-likeness (QED) is 0.0778. The number of nitrogens with zero attached hydrogens (tertiary/aromatic N) is 14. The first-order valence-electron chi connectivity index (χ1n) is 27.1. The molecule has 0 aliphatic carbocycles. The van der Waals surface area contributed by atoms with Gasteiger partial charge in [0, 0.05) is 90.6 Å². The summed E-state index contributed by atoms with van der Waals surface area (Å²) in [6, 6.07) is 31.1. The number of imidazole rings is 4. The number of benzene rings is 4. The van der Waals surface area contributed by atoms with E-state index in [0.717, 1.165) is 149 Å². The standard InChI is InChI=1S/2C28H33FN8O2.H2O/c2*1-33-19-30-26(37(38)39)27(33)35-16-12-23(13-17-35)34-14-10-22(11-15-34)31-28-32-24-4-2-3-5-25(24)36(28)18-20-6-8-21(29)9-7-20;/h2*2-9,19,22-23H,10-18H2,1H3,(H,31,32);1H2. The van der Waals surface area contributed by atoms with Gasteiger partial charge in [0.2, 0.25) is 36.2 Å². The first-order valence-corrected chi connectivity index (χ1v) is 27.1. The predicted octanol–water partition coefficient (Wildman–Crippen LogP) is 8.00. The maximum Gasteiger partial charge on any atom is 0.406 e. The fourth-order valence-corrected chi connectivity index (χ4v) is 12.1. The van der Waals surface area contributed by atoms with Crippen LogP contribution in [0.3, 0.4) is 0 Å². The average molecular weight is 1080 g/mol. The van der Waals surface area contributed by atoms with Crippen LogP contribution in [0.1, 0.15) is 62.5 Å². The SMILES string of the molecule is Cn1cnc([N+](=O)[O-])c1N1CCC(N2CCC(Nc3nc4ccccc4n3Cc3ccc(F)cc3)CC2)CC1.Cn1cnc([N+](=O)[O-])c1N1CCC(N2CCC(Nc3nc4ccccc4n3Cc3ccc(F)cc3)CC2)CC1.O. The predicted molar refractivity (Wildman–Crippen MR) is 301 cm³/mol. The van der Waals surface area contributed by atoms with E-state index < -0.39 is 9.85 Å². The second-order valence-corrected chi connectivity index (χ2v) is 21.1. The molecule has 0 saturated carbocycles. The summed E-state index contributed by atoms with van der Waals surface area (Å²) >= 11 is 0. The van der Waals surface area contributed by atoms with Crippen molar-refractivity contribution in [3.05, 3.63) is 153 Å². The second kappa shape index (κ2) is 23.9. The van der Waals surface area contributed by atoms with E-state index in [4.69, 9.17) is 9.97 Å². The van der Waals surface area contributed by atoms with Gasteiger partial charge in [-0.2, -0.15) is 0 Å². The van der Waals surface area contributed by atoms with E-state index in [-0.39, 0.29) is 28.7 Å². The molecule has 23 heteroatoms. The highest BCUT2D eigenvalue weighted by atomic mass is 19.1. The minimum Gasteiger partial charge on any atom is -0.412 e. The van der Waals surface area contributed by atoms with Crippen molar-refractivity contribution in [1.29, 1.82) is 0 Å². The number of anilines is 4. The van der Waals surface area contributed by atoms with Crippen LogP contribution in [0.25, 0.3) is 22.1 Å². The molecule has 21 nitrogen and oxygen atoms in total. The number of halogens is 2. The number of hydrogen-bond donors (Lipinski definition) is 2.